The number of ether oxygens (including phenoxy) is 1. The highest BCUT2D eigenvalue weighted by molar-refractivity contribution is 6.04. The molecule has 0 radical (unpaired) electrons. The highest BCUT2D eigenvalue weighted by atomic mass is 16.5. The highest BCUT2D eigenvalue weighted by Crippen LogP contribution is 2.40. The maximum Gasteiger partial charge on any atom is 0.318 e. The average molecular weight is 440 g/mol. The number of rotatable bonds is 4. The number of hydrogen-bond acceptors (Lipinski definition) is 4. The van der Waals surface area contributed by atoms with Gasteiger partial charge in [0.05, 0.1) is 11.1 Å². The van der Waals surface area contributed by atoms with E-state index in [0.717, 1.165) is 49.4 Å². The maximum absolute atomic E-state index is 13.1. The first-order valence-electron chi connectivity index (χ1n) is 11.9. The molecule has 3 amide bonds. The number of carbonyl (C=O) groups is 2. The van der Waals surface area contributed by atoms with Crippen LogP contribution in [0.15, 0.2) is 24.3 Å². The van der Waals surface area contributed by atoms with Crippen molar-refractivity contribution in [3.05, 3.63) is 30.0 Å². The molecule has 1 aliphatic carbocycles. The summed E-state index contributed by atoms with van der Waals surface area (Å²) in [7, 11) is 0. The van der Waals surface area contributed by atoms with E-state index in [0.29, 0.717) is 31.4 Å². The van der Waals surface area contributed by atoms with Crippen LogP contribution >= 0.6 is 0 Å². The lowest BCUT2D eigenvalue weighted by molar-refractivity contribution is -0.126. The molecule has 5 rings (SSSR count). The molecule has 1 saturated carbocycles. The zero-order chi connectivity index (χ0) is 22.3. The smallest absolute Gasteiger partial charge is 0.318 e. The van der Waals surface area contributed by atoms with E-state index in [9.17, 15) is 9.59 Å². The minimum Gasteiger partial charge on any atom is -0.375 e. The molecule has 2 N–H and O–H groups in total. The van der Waals surface area contributed by atoms with Crippen molar-refractivity contribution in [1.29, 1.82) is 0 Å². The molecule has 32 heavy (non-hydrogen) atoms. The van der Waals surface area contributed by atoms with E-state index < -0.39 is 0 Å². The van der Waals surface area contributed by atoms with Crippen molar-refractivity contribution >= 4 is 22.8 Å². The first kappa shape index (κ1) is 21.2. The molecule has 3 aliphatic rings. The van der Waals surface area contributed by atoms with Crippen molar-refractivity contribution in [2.45, 2.75) is 76.1 Å². The first-order chi connectivity index (χ1) is 15.5. The number of aromatic nitrogens is 2. The largest absolute Gasteiger partial charge is 0.375 e. The van der Waals surface area contributed by atoms with E-state index >= 15 is 0 Å². The Kier molecular flexibility index (Phi) is 5.57. The van der Waals surface area contributed by atoms with Crippen LogP contribution in [0.4, 0.5) is 4.79 Å². The van der Waals surface area contributed by atoms with E-state index in [1.807, 2.05) is 43.0 Å². The number of fused-ring (bicyclic) bond motifs is 1. The summed E-state index contributed by atoms with van der Waals surface area (Å²) in [5.41, 5.74) is 1.12. The molecule has 8 nitrogen and oxygen atoms in total. The Labute approximate surface area is 188 Å². The summed E-state index contributed by atoms with van der Waals surface area (Å²) in [5.74, 6) is -0.0272. The fourth-order valence-corrected chi connectivity index (χ4v) is 5.29. The second kappa shape index (κ2) is 8.39. The maximum atomic E-state index is 13.1. The number of carbonyl (C=O) groups excluding carboxylic acids is 2. The summed E-state index contributed by atoms with van der Waals surface area (Å²) >= 11 is 0. The molecule has 1 unspecified atom stereocenters. The topological polar surface area (TPSA) is 90.6 Å². The molecule has 1 aromatic carbocycles. The highest BCUT2D eigenvalue weighted by Gasteiger charge is 2.46. The van der Waals surface area contributed by atoms with Crippen LogP contribution < -0.4 is 5.32 Å². The monoisotopic (exact) mass is 439 g/mol. The van der Waals surface area contributed by atoms with Gasteiger partial charge in [0.25, 0.3) is 5.91 Å². The molecule has 8 heteroatoms. The summed E-state index contributed by atoms with van der Waals surface area (Å²) in [5, 5.41) is 11.2. The summed E-state index contributed by atoms with van der Waals surface area (Å²) in [6.07, 6.45) is 5.50. The van der Waals surface area contributed by atoms with Crippen LogP contribution in [0.1, 0.15) is 62.9 Å². The van der Waals surface area contributed by atoms with E-state index in [1.165, 1.54) is 0 Å². The van der Waals surface area contributed by atoms with Gasteiger partial charge in [0.15, 0.2) is 5.69 Å². The number of amides is 3. The van der Waals surface area contributed by atoms with E-state index in [2.05, 4.69) is 20.4 Å². The standard InChI is InChI=1S/C24H33N5O3/c1-16(2)25-23(31)29(17-7-8-17)18-9-14-32-24(15-18)10-12-28(13-11-24)22(30)21-19-5-3-4-6-20(19)26-27-21/h3-6,16-18H,7-15H2,1-2H3,(H,25,31)(H,26,27). The Morgan fingerprint density at radius 2 is 1.94 bits per heavy atom. The van der Waals surface area contributed by atoms with E-state index in [-0.39, 0.29) is 29.6 Å². The van der Waals surface area contributed by atoms with Crippen molar-refractivity contribution in [3.63, 3.8) is 0 Å². The molecule has 172 valence electrons. The lowest BCUT2D eigenvalue weighted by atomic mass is 9.81. The molecule has 2 saturated heterocycles. The molecule has 0 bridgehead atoms. The number of aromatic amines is 1. The first-order valence-corrected chi connectivity index (χ1v) is 11.9. The number of nitrogens with zero attached hydrogens (tertiary/aromatic N) is 3. The van der Waals surface area contributed by atoms with Crippen LogP contribution in [-0.4, -0.2) is 75.4 Å². The molecule has 3 fully saturated rings. The Hall–Kier alpha value is -2.61. The third kappa shape index (κ3) is 4.08. The summed E-state index contributed by atoms with van der Waals surface area (Å²) < 4.78 is 6.32. The second-order valence-corrected chi connectivity index (χ2v) is 9.83. The van der Waals surface area contributed by atoms with Gasteiger partial charge in [-0.2, -0.15) is 5.10 Å². The summed E-state index contributed by atoms with van der Waals surface area (Å²) in [6.45, 7) is 5.97. The van der Waals surface area contributed by atoms with Gasteiger partial charge in [-0.15, -0.1) is 0 Å². The fraction of sp³-hybridized carbons (Fsp3) is 0.625. The van der Waals surface area contributed by atoms with Gasteiger partial charge < -0.3 is 19.9 Å². The molecule has 1 aromatic heterocycles. The number of H-pyrrole nitrogens is 1. The lowest BCUT2D eigenvalue weighted by Crippen LogP contribution is -2.57. The van der Waals surface area contributed by atoms with E-state index in [4.69, 9.17) is 4.74 Å². The number of nitrogens with one attached hydrogen (secondary N) is 2. The Bertz CT molecular complexity index is 990. The number of urea groups is 1. The van der Waals surface area contributed by atoms with Gasteiger partial charge in [-0.05, 0) is 58.4 Å². The van der Waals surface area contributed by atoms with Gasteiger partial charge in [0, 0.05) is 43.2 Å². The third-order valence-electron chi connectivity index (χ3n) is 7.08. The molecular weight excluding hydrogens is 406 g/mol. The van der Waals surface area contributed by atoms with Crippen LogP contribution in [0.25, 0.3) is 10.9 Å². The number of piperidine rings is 1. The second-order valence-electron chi connectivity index (χ2n) is 9.83. The molecule has 2 aliphatic heterocycles. The predicted molar refractivity (Wildman–Crippen MR) is 121 cm³/mol. The Morgan fingerprint density at radius 1 is 1.19 bits per heavy atom. The number of para-hydroxylation sites is 1. The Balaban J connectivity index is 1.25. The van der Waals surface area contributed by atoms with Crippen molar-refractivity contribution in [2.75, 3.05) is 19.7 Å². The zero-order valence-electron chi connectivity index (χ0n) is 19.0. The molecule has 1 spiro atoms. The number of benzene rings is 1. The van der Waals surface area contributed by atoms with Crippen LogP contribution in [0.5, 0.6) is 0 Å². The van der Waals surface area contributed by atoms with Gasteiger partial charge in [0.2, 0.25) is 0 Å². The van der Waals surface area contributed by atoms with Gasteiger partial charge in [-0.1, -0.05) is 18.2 Å². The van der Waals surface area contributed by atoms with Crippen LogP contribution in [0.3, 0.4) is 0 Å². The number of hydrogen-bond donors (Lipinski definition) is 2. The SMILES string of the molecule is CC(C)NC(=O)N(C1CC1)C1CCOC2(CCN(C(=O)c3n[nH]c4ccccc34)CC2)C1. The van der Waals surface area contributed by atoms with Crippen molar-refractivity contribution < 1.29 is 14.3 Å². The normalized spacial score (nSPS) is 23.0. The summed E-state index contributed by atoms with van der Waals surface area (Å²) in [4.78, 5) is 30.0. The fourth-order valence-electron chi connectivity index (χ4n) is 5.29. The van der Waals surface area contributed by atoms with Gasteiger partial charge in [0.1, 0.15) is 0 Å². The minimum atomic E-state index is -0.251. The molecular formula is C24H33N5O3. The summed E-state index contributed by atoms with van der Waals surface area (Å²) in [6, 6.07) is 8.48. The molecule has 1 atom stereocenters. The lowest BCUT2D eigenvalue weighted by Gasteiger charge is -2.48. The Morgan fingerprint density at radius 3 is 2.66 bits per heavy atom. The van der Waals surface area contributed by atoms with Crippen LogP contribution in [0.2, 0.25) is 0 Å². The van der Waals surface area contributed by atoms with Gasteiger partial charge >= 0.3 is 6.03 Å². The number of likely N-dealkylation sites (tertiary alicyclic amines) is 1. The quantitative estimate of drug-likeness (QED) is 0.765. The average Bonchev–Trinajstić information content (AvgIpc) is 3.50. The van der Waals surface area contributed by atoms with Crippen molar-refractivity contribution in [3.8, 4) is 0 Å². The van der Waals surface area contributed by atoms with Gasteiger partial charge in [-0.25, -0.2) is 4.79 Å². The van der Waals surface area contributed by atoms with Crippen molar-refractivity contribution in [2.24, 2.45) is 0 Å². The van der Waals surface area contributed by atoms with Crippen LogP contribution in [-0.2, 0) is 4.74 Å². The minimum absolute atomic E-state index is 0.0272. The molecule has 2 aromatic rings. The van der Waals surface area contributed by atoms with Gasteiger partial charge in [-0.3, -0.25) is 9.89 Å². The van der Waals surface area contributed by atoms with E-state index in [1.54, 1.807) is 0 Å². The molecule has 3 heterocycles. The predicted octanol–water partition coefficient (Wildman–Crippen LogP) is 3.30. The third-order valence-corrected chi connectivity index (χ3v) is 7.08. The zero-order valence-corrected chi connectivity index (χ0v) is 19.0. The van der Waals surface area contributed by atoms with Crippen molar-refractivity contribution in [1.82, 2.24) is 25.3 Å². The van der Waals surface area contributed by atoms with Crippen LogP contribution in [0, 0.1) is 0 Å².